The average Bonchev–Trinajstić information content (AvgIpc) is 3.93. The van der Waals surface area contributed by atoms with Gasteiger partial charge in [0.25, 0.3) is 0 Å². The fourth-order valence-corrected chi connectivity index (χ4v) is 8.98. The molecule has 2 heterocycles. The van der Waals surface area contributed by atoms with Gasteiger partial charge in [-0.2, -0.15) is 0 Å². The number of H-pyrrole nitrogens is 1. The van der Waals surface area contributed by atoms with Crippen LogP contribution in [0, 0.1) is 11.8 Å². The Morgan fingerprint density at radius 1 is 0.867 bits per heavy atom. The van der Waals surface area contributed by atoms with Crippen molar-refractivity contribution in [1.29, 1.82) is 0 Å². The number of rotatable bonds is 18. The number of hydrogen-bond donors (Lipinski definition) is 5. The maximum absolute atomic E-state index is 13.1. The van der Waals surface area contributed by atoms with E-state index >= 15 is 0 Å². The number of phenolic OH excluding ortho intramolecular Hbond substituents is 1. The summed E-state index contributed by atoms with van der Waals surface area (Å²) in [6.45, 7) is 5.19. The molecule has 8 rings (SSSR count). The minimum absolute atomic E-state index is 0.0470. The molecule has 60 heavy (non-hydrogen) atoms. The van der Waals surface area contributed by atoms with E-state index in [1.165, 1.54) is 23.3 Å². The van der Waals surface area contributed by atoms with Gasteiger partial charge in [-0.1, -0.05) is 78.9 Å². The second-order valence-electron chi connectivity index (χ2n) is 16.5. The Morgan fingerprint density at radius 3 is 2.37 bits per heavy atom. The first-order valence-corrected chi connectivity index (χ1v) is 21.3. The van der Waals surface area contributed by atoms with Crippen LogP contribution < -0.4 is 16.2 Å². The number of amides is 2. The molecule has 12 heteroatoms. The van der Waals surface area contributed by atoms with Crippen molar-refractivity contribution in [1.82, 2.24) is 20.1 Å². The van der Waals surface area contributed by atoms with Crippen LogP contribution in [0.15, 0.2) is 108 Å². The van der Waals surface area contributed by atoms with E-state index in [0.717, 1.165) is 68.6 Å². The Labute approximate surface area is 350 Å². The lowest BCUT2D eigenvalue weighted by Gasteiger charge is -2.23. The summed E-state index contributed by atoms with van der Waals surface area (Å²) in [5.41, 5.74) is 5.84. The van der Waals surface area contributed by atoms with Crippen molar-refractivity contribution in [2.24, 2.45) is 11.8 Å². The van der Waals surface area contributed by atoms with E-state index in [-0.39, 0.29) is 35.9 Å². The highest BCUT2D eigenvalue weighted by Gasteiger charge is 2.42. The standard InChI is InChI=1S/C48H55N5O7/c54-43-18-16-40(41-17-19-45(56)51-47(41)43)44(55)28-49-22-23-53(37-14-15-37)46(57)21-25-59-24-20-32-10-12-33(13-11-32)29-52-30-35-26-38(27-36(35)31-52)60-48(58)50-42-9-5-4-8-39(42)34-6-2-1-3-7-34/h1-13,16-19,35-38,44,49,54-55H,14-15,20-31H2,(H,50,58)(H,51,56)/t35-,36?,38?,44-/m0/s1. The van der Waals surface area contributed by atoms with Gasteiger partial charge < -0.3 is 34.9 Å². The number of aromatic hydroxyl groups is 1. The minimum Gasteiger partial charge on any atom is -0.506 e. The number of aliphatic hydroxyl groups is 1. The van der Waals surface area contributed by atoms with Crippen LogP contribution in [-0.4, -0.2) is 95.1 Å². The molecular formula is C48H55N5O7. The van der Waals surface area contributed by atoms with Crippen LogP contribution >= 0.6 is 0 Å². The van der Waals surface area contributed by atoms with Crippen molar-refractivity contribution in [3.63, 3.8) is 0 Å². The third kappa shape index (κ3) is 10.4. The van der Waals surface area contributed by atoms with Crippen molar-refractivity contribution in [3.8, 4) is 16.9 Å². The summed E-state index contributed by atoms with van der Waals surface area (Å²) in [4.78, 5) is 44.8. The van der Waals surface area contributed by atoms with Gasteiger partial charge in [-0.3, -0.25) is 19.8 Å². The van der Waals surface area contributed by atoms with Crippen LogP contribution in [0.5, 0.6) is 5.75 Å². The number of benzene rings is 4. The molecule has 1 aromatic heterocycles. The molecule has 0 spiro atoms. The van der Waals surface area contributed by atoms with E-state index < -0.39 is 12.2 Å². The number of aliphatic hydroxyl groups excluding tert-OH is 1. The van der Waals surface area contributed by atoms with Gasteiger partial charge in [0.2, 0.25) is 11.5 Å². The van der Waals surface area contributed by atoms with Gasteiger partial charge >= 0.3 is 6.09 Å². The lowest BCUT2D eigenvalue weighted by molar-refractivity contribution is -0.132. The normalized spacial score (nSPS) is 19.2. The molecular weight excluding hydrogens is 759 g/mol. The molecule has 2 unspecified atom stereocenters. The highest BCUT2D eigenvalue weighted by molar-refractivity contribution is 5.91. The highest BCUT2D eigenvalue weighted by Crippen LogP contribution is 2.40. The number of pyridine rings is 1. The van der Waals surface area contributed by atoms with Crippen LogP contribution in [0.25, 0.3) is 22.0 Å². The molecule has 1 aliphatic heterocycles. The number of nitrogens with one attached hydrogen (secondary N) is 3. The molecule has 4 aromatic carbocycles. The number of fused-ring (bicyclic) bond motifs is 2. The van der Waals surface area contributed by atoms with Crippen LogP contribution in [0.3, 0.4) is 0 Å². The van der Waals surface area contributed by atoms with Crippen molar-refractivity contribution < 1.29 is 29.3 Å². The summed E-state index contributed by atoms with van der Waals surface area (Å²) in [7, 11) is 0. The first-order valence-electron chi connectivity index (χ1n) is 21.3. The van der Waals surface area contributed by atoms with Gasteiger partial charge in [0.15, 0.2) is 0 Å². The summed E-state index contributed by atoms with van der Waals surface area (Å²) < 4.78 is 11.8. The molecule has 0 radical (unpaired) electrons. The Kier molecular flexibility index (Phi) is 13.2. The zero-order valence-corrected chi connectivity index (χ0v) is 33.9. The zero-order valence-electron chi connectivity index (χ0n) is 33.9. The largest absolute Gasteiger partial charge is 0.506 e. The Bertz CT molecular complexity index is 2280. The Morgan fingerprint density at radius 2 is 1.60 bits per heavy atom. The number of para-hydroxylation sites is 1. The maximum atomic E-state index is 13.1. The quantitative estimate of drug-likeness (QED) is 0.0614. The predicted molar refractivity (Wildman–Crippen MR) is 232 cm³/mol. The average molecular weight is 814 g/mol. The van der Waals surface area contributed by atoms with E-state index in [1.807, 2.05) is 59.5 Å². The van der Waals surface area contributed by atoms with Crippen LogP contribution in [0.1, 0.15) is 54.9 Å². The van der Waals surface area contributed by atoms with Gasteiger partial charge in [-0.25, -0.2) is 4.79 Å². The summed E-state index contributed by atoms with van der Waals surface area (Å²) in [6, 6.07) is 32.9. The summed E-state index contributed by atoms with van der Waals surface area (Å²) >= 11 is 0. The number of carbonyl (C=O) groups excluding carboxylic acids is 2. The molecule has 5 N–H and O–H groups in total. The topological polar surface area (TPSA) is 156 Å². The van der Waals surface area contributed by atoms with E-state index in [9.17, 15) is 24.6 Å². The first kappa shape index (κ1) is 41.2. The van der Waals surface area contributed by atoms with Crippen LogP contribution in [0.4, 0.5) is 10.5 Å². The second kappa shape index (κ2) is 19.2. The number of carbonyl (C=O) groups is 2. The Balaban J connectivity index is 0.700. The van der Waals surface area contributed by atoms with Gasteiger partial charge in [0.1, 0.15) is 11.9 Å². The Hall–Kier alpha value is -5.53. The van der Waals surface area contributed by atoms with Crippen molar-refractivity contribution in [3.05, 3.63) is 130 Å². The molecule has 2 saturated carbocycles. The van der Waals surface area contributed by atoms with Crippen molar-refractivity contribution >= 4 is 28.6 Å². The molecule has 1 saturated heterocycles. The molecule has 3 fully saturated rings. The summed E-state index contributed by atoms with van der Waals surface area (Å²) in [6.07, 6.45) is 3.60. The number of aromatic amines is 1. The lowest BCUT2D eigenvalue weighted by Crippen LogP contribution is -2.39. The predicted octanol–water partition coefficient (Wildman–Crippen LogP) is 6.62. The van der Waals surface area contributed by atoms with Crippen LogP contribution in [0.2, 0.25) is 0 Å². The monoisotopic (exact) mass is 813 g/mol. The van der Waals surface area contributed by atoms with E-state index in [1.54, 1.807) is 12.1 Å². The zero-order chi connectivity index (χ0) is 41.4. The molecule has 4 atom stereocenters. The third-order valence-electron chi connectivity index (χ3n) is 12.2. The smallest absolute Gasteiger partial charge is 0.411 e. The molecule has 12 nitrogen and oxygen atoms in total. The summed E-state index contributed by atoms with van der Waals surface area (Å²) in [5, 5.41) is 27.8. The highest BCUT2D eigenvalue weighted by atomic mass is 16.6. The first-order chi connectivity index (χ1) is 29.3. The number of hydrogen-bond acceptors (Lipinski definition) is 9. The van der Waals surface area contributed by atoms with E-state index in [0.29, 0.717) is 61.0 Å². The van der Waals surface area contributed by atoms with Gasteiger partial charge in [0, 0.05) is 62.3 Å². The number of likely N-dealkylation sites (tertiary alicyclic amines) is 1. The fourth-order valence-electron chi connectivity index (χ4n) is 8.98. The number of anilines is 1. The SMILES string of the molecule is O=C(Nc1ccccc1-c1ccccc1)OC1CC2CN(Cc3ccc(CCOCCC(=O)N(CCNC[C@H](O)c4ccc(O)c5[nH]c(=O)ccc45)C4CC4)cc3)C[C@@H]2C1. The van der Waals surface area contributed by atoms with Gasteiger partial charge in [-0.05, 0) is 84.4 Å². The van der Waals surface area contributed by atoms with Crippen molar-refractivity contribution in [2.45, 2.75) is 63.3 Å². The van der Waals surface area contributed by atoms with E-state index in [4.69, 9.17) is 9.47 Å². The molecule has 2 aliphatic carbocycles. The summed E-state index contributed by atoms with van der Waals surface area (Å²) in [5.74, 6) is 1.10. The maximum Gasteiger partial charge on any atom is 0.411 e. The lowest BCUT2D eigenvalue weighted by atomic mass is 10.0. The van der Waals surface area contributed by atoms with Crippen molar-refractivity contribution in [2.75, 3.05) is 51.3 Å². The number of aromatic nitrogens is 1. The number of nitrogens with zero attached hydrogens (tertiary/aromatic N) is 2. The number of ether oxygens (including phenoxy) is 2. The molecule has 2 amide bonds. The molecule has 314 valence electrons. The fraction of sp³-hybridized carbons (Fsp3) is 0.396. The minimum atomic E-state index is -0.854. The molecule has 5 aromatic rings. The van der Waals surface area contributed by atoms with E-state index in [2.05, 4.69) is 44.8 Å². The second-order valence-corrected chi connectivity index (χ2v) is 16.5. The molecule has 3 aliphatic rings. The molecule has 0 bridgehead atoms. The van der Waals surface area contributed by atoms with Gasteiger partial charge in [-0.15, -0.1) is 0 Å². The van der Waals surface area contributed by atoms with Gasteiger partial charge in [0.05, 0.1) is 36.9 Å². The number of phenols is 1. The third-order valence-corrected chi connectivity index (χ3v) is 12.2. The van der Waals surface area contributed by atoms with Crippen LogP contribution in [-0.2, 0) is 27.2 Å².